The highest BCUT2D eigenvalue weighted by Crippen LogP contribution is 2.37. The number of benzene rings is 1. The van der Waals surface area contributed by atoms with Crippen LogP contribution in [0.2, 0.25) is 0 Å². The second kappa shape index (κ2) is 7.38. The van der Waals surface area contributed by atoms with E-state index in [1.165, 1.54) is 17.0 Å². The highest BCUT2D eigenvalue weighted by atomic mass is 35.5. The number of nitrogens with zero attached hydrogens (tertiary/aromatic N) is 4. The largest absolute Gasteiger partial charge is 0.350 e. The van der Waals surface area contributed by atoms with Gasteiger partial charge in [0.25, 0.3) is 0 Å². The van der Waals surface area contributed by atoms with Crippen LogP contribution in [0.15, 0.2) is 58.6 Å². The van der Waals surface area contributed by atoms with Gasteiger partial charge in [0.05, 0.1) is 23.1 Å². The molecule has 2 heterocycles. The standard InChI is InChI=1S/C19H19ClN6O3S/c1-25-15-8-3-11(20)9-14(15)18(27)26(2)16-10-22-19(24-17(16)25)23-12-4-6-13(7-5-12)30(21,28)29/h3-10,14-15H,1-2H3,(H2,21,28,29)(H,22,23,24). The third-order valence-electron chi connectivity index (χ3n) is 5.11. The van der Waals surface area contributed by atoms with Crippen LogP contribution in [0.4, 0.5) is 23.1 Å². The number of primary sulfonamides is 1. The fourth-order valence-corrected chi connectivity index (χ4v) is 4.21. The topological polar surface area (TPSA) is 122 Å². The fourth-order valence-electron chi connectivity index (χ4n) is 3.49. The summed E-state index contributed by atoms with van der Waals surface area (Å²) >= 11 is 6.12. The van der Waals surface area contributed by atoms with Gasteiger partial charge in [-0.3, -0.25) is 4.79 Å². The van der Waals surface area contributed by atoms with E-state index in [0.29, 0.717) is 28.2 Å². The van der Waals surface area contributed by atoms with Gasteiger partial charge in [-0.2, -0.15) is 4.98 Å². The molecule has 156 valence electrons. The number of hydrogen-bond donors (Lipinski definition) is 2. The molecular weight excluding hydrogens is 428 g/mol. The van der Waals surface area contributed by atoms with Gasteiger partial charge in [-0.05, 0) is 30.3 Å². The minimum Gasteiger partial charge on any atom is -0.350 e. The predicted octanol–water partition coefficient (Wildman–Crippen LogP) is 1.96. The van der Waals surface area contributed by atoms with Crippen LogP contribution in [0, 0.1) is 5.92 Å². The number of allylic oxidation sites excluding steroid dienone is 2. The van der Waals surface area contributed by atoms with Crippen molar-refractivity contribution in [2.45, 2.75) is 10.9 Å². The zero-order valence-corrected chi connectivity index (χ0v) is 17.7. The van der Waals surface area contributed by atoms with E-state index in [1.54, 1.807) is 37.5 Å². The molecular formula is C19H19ClN6O3S. The summed E-state index contributed by atoms with van der Waals surface area (Å²) in [6, 6.07) is 5.70. The number of anilines is 4. The van der Waals surface area contributed by atoms with Crippen LogP contribution in [0.5, 0.6) is 0 Å². The van der Waals surface area contributed by atoms with Gasteiger partial charge in [0.1, 0.15) is 5.69 Å². The van der Waals surface area contributed by atoms with Gasteiger partial charge < -0.3 is 15.1 Å². The number of carbonyl (C=O) groups is 1. The number of rotatable bonds is 3. The normalized spacial score (nSPS) is 20.9. The van der Waals surface area contributed by atoms with Crippen molar-refractivity contribution >= 4 is 50.7 Å². The average Bonchev–Trinajstić information content (AvgIpc) is 2.78. The molecule has 0 bridgehead atoms. The van der Waals surface area contributed by atoms with Crippen LogP contribution in [0.1, 0.15) is 0 Å². The number of halogens is 1. The molecule has 2 aliphatic rings. The maximum absolute atomic E-state index is 13.0. The quantitative estimate of drug-likeness (QED) is 0.738. The first-order valence-corrected chi connectivity index (χ1v) is 10.9. The van der Waals surface area contributed by atoms with Crippen molar-refractivity contribution in [3.8, 4) is 0 Å². The minimum atomic E-state index is -3.77. The Morgan fingerprint density at radius 2 is 1.90 bits per heavy atom. The number of amides is 1. The van der Waals surface area contributed by atoms with E-state index < -0.39 is 15.9 Å². The molecule has 4 rings (SSSR count). The third-order valence-corrected chi connectivity index (χ3v) is 6.29. The van der Waals surface area contributed by atoms with Crippen LogP contribution < -0.4 is 20.3 Å². The summed E-state index contributed by atoms with van der Waals surface area (Å²) in [6.45, 7) is 0. The van der Waals surface area contributed by atoms with Gasteiger partial charge in [0, 0.05) is 24.8 Å². The zero-order chi connectivity index (χ0) is 21.6. The van der Waals surface area contributed by atoms with Crippen molar-refractivity contribution in [2.75, 3.05) is 29.2 Å². The van der Waals surface area contributed by atoms with Crippen molar-refractivity contribution in [3.63, 3.8) is 0 Å². The summed E-state index contributed by atoms with van der Waals surface area (Å²) in [5.74, 6) is 0.342. The van der Waals surface area contributed by atoms with Crippen LogP contribution in [0.3, 0.4) is 0 Å². The number of aromatic nitrogens is 2. The molecule has 9 nitrogen and oxygen atoms in total. The molecule has 30 heavy (non-hydrogen) atoms. The summed E-state index contributed by atoms with van der Waals surface area (Å²) in [5, 5.41) is 8.69. The monoisotopic (exact) mass is 446 g/mol. The molecule has 1 aromatic heterocycles. The molecule has 2 atom stereocenters. The van der Waals surface area contributed by atoms with Crippen LogP contribution >= 0.6 is 11.6 Å². The first-order valence-electron chi connectivity index (χ1n) is 8.98. The van der Waals surface area contributed by atoms with Gasteiger partial charge >= 0.3 is 0 Å². The summed E-state index contributed by atoms with van der Waals surface area (Å²) in [7, 11) is -0.227. The Bertz CT molecular complexity index is 1180. The van der Waals surface area contributed by atoms with Gasteiger partial charge in [-0.15, -0.1) is 0 Å². The molecule has 1 aliphatic carbocycles. The van der Waals surface area contributed by atoms with Gasteiger partial charge in [-0.1, -0.05) is 23.8 Å². The summed E-state index contributed by atoms with van der Waals surface area (Å²) in [4.78, 5) is 25.3. The molecule has 0 radical (unpaired) electrons. The Balaban J connectivity index is 1.67. The van der Waals surface area contributed by atoms with E-state index in [1.807, 2.05) is 18.0 Å². The van der Waals surface area contributed by atoms with E-state index in [2.05, 4.69) is 15.3 Å². The molecule has 3 N–H and O–H groups in total. The number of likely N-dealkylation sites (N-methyl/N-ethyl adjacent to an activating group) is 1. The van der Waals surface area contributed by atoms with Crippen molar-refractivity contribution in [1.82, 2.24) is 9.97 Å². The molecule has 2 unspecified atom stereocenters. The Kier molecular flexibility index (Phi) is 5.00. The van der Waals surface area contributed by atoms with Crippen LogP contribution in [-0.4, -0.2) is 44.4 Å². The SMILES string of the molecule is CN1C(=O)C2C=C(Cl)C=CC2N(C)c2nc(Nc3ccc(S(N)(=O)=O)cc3)ncc21. The predicted molar refractivity (Wildman–Crippen MR) is 115 cm³/mol. The maximum atomic E-state index is 13.0. The van der Waals surface area contributed by atoms with Crippen molar-refractivity contribution < 1.29 is 13.2 Å². The van der Waals surface area contributed by atoms with Gasteiger partial charge in [0.15, 0.2) is 5.82 Å². The van der Waals surface area contributed by atoms with Crippen LogP contribution in [0.25, 0.3) is 0 Å². The molecule has 11 heteroatoms. The number of sulfonamides is 1. The van der Waals surface area contributed by atoms with Crippen LogP contribution in [-0.2, 0) is 14.8 Å². The molecule has 2 aromatic rings. The van der Waals surface area contributed by atoms with E-state index in [-0.39, 0.29) is 16.8 Å². The van der Waals surface area contributed by atoms with E-state index in [9.17, 15) is 13.2 Å². The Hall–Kier alpha value is -2.95. The first kappa shape index (κ1) is 20.3. The molecule has 1 aromatic carbocycles. The summed E-state index contributed by atoms with van der Waals surface area (Å²) in [5.41, 5.74) is 1.16. The smallest absolute Gasteiger partial charge is 0.238 e. The first-order chi connectivity index (χ1) is 14.1. The summed E-state index contributed by atoms with van der Waals surface area (Å²) < 4.78 is 22.8. The fraction of sp³-hybridized carbons (Fsp3) is 0.211. The zero-order valence-electron chi connectivity index (χ0n) is 16.2. The lowest BCUT2D eigenvalue weighted by molar-refractivity contribution is -0.120. The Morgan fingerprint density at radius 3 is 2.57 bits per heavy atom. The van der Waals surface area contributed by atoms with Crippen molar-refractivity contribution in [1.29, 1.82) is 0 Å². The summed E-state index contributed by atoms with van der Waals surface area (Å²) in [6.07, 6.45) is 6.97. The lowest BCUT2D eigenvalue weighted by atomic mass is 9.93. The average molecular weight is 447 g/mol. The molecule has 0 spiro atoms. The number of carbonyl (C=O) groups excluding carboxylic acids is 1. The number of fused-ring (bicyclic) bond motifs is 2. The molecule has 1 amide bonds. The highest BCUT2D eigenvalue weighted by Gasteiger charge is 2.38. The Morgan fingerprint density at radius 1 is 1.20 bits per heavy atom. The second-order valence-corrected chi connectivity index (χ2v) is 9.03. The number of nitrogens with two attached hydrogens (primary N) is 1. The molecule has 0 saturated carbocycles. The van der Waals surface area contributed by atoms with E-state index in [0.717, 1.165) is 0 Å². The van der Waals surface area contributed by atoms with Gasteiger partial charge in [-0.25, -0.2) is 18.5 Å². The molecule has 0 saturated heterocycles. The lowest BCUT2D eigenvalue weighted by Crippen LogP contribution is -2.42. The van der Waals surface area contributed by atoms with E-state index >= 15 is 0 Å². The third kappa shape index (κ3) is 3.64. The number of hydrogen-bond acceptors (Lipinski definition) is 7. The highest BCUT2D eigenvalue weighted by molar-refractivity contribution is 7.89. The lowest BCUT2D eigenvalue weighted by Gasteiger charge is -2.30. The van der Waals surface area contributed by atoms with Crippen molar-refractivity contribution in [3.05, 3.63) is 53.7 Å². The number of nitrogens with one attached hydrogen (secondary N) is 1. The minimum absolute atomic E-state index is 0.0117. The van der Waals surface area contributed by atoms with E-state index in [4.69, 9.17) is 16.7 Å². The molecule has 1 aliphatic heterocycles. The second-order valence-electron chi connectivity index (χ2n) is 7.03. The molecule has 0 fully saturated rings. The van der Waals surface area contributed by atoms with Gasteiger partial charge in [0.2, 0.25) is 21.9 Å². The van der Waals surface area contributed by atoms with Crippen molar-refractivity contribution in [2.24, 2.45) is 11.1 Å². The Labute approximate surface area is 178 Å². The maximum Gasteiger partial charge on any atom is 0.238 e.